The van der Waals surface area contributed by atoms with Gasteiger partial charge in [-0.1, -0.05) is 12.1 Å². The van der Waals surface area contributed by atoms with Crippen molar-refractivity contribution < 1.29 is 9.18 Å². The molecule has 4 nitrogen and oxygen atoms in total. The molecule has 1 atom stereocenters. The van der Waals surface area contributed by atoms with Crippen LogP contribution < -0.4 is 5.32 Å². The van der Waals surface area contributed by atoms with Gasteiger partial charge in [0.05, 0.1) is 16.7 Å². The zero-order chi connectivity index (χ0) is 13.8. The van der Waals surface area contributed by atoms with Gasteiger partial charge in [-0.15, -0.1) is 0 Å². The Hall–Kier alpha value is -1.69. The molecule has 0 aliphatic carbocycles. The van der Waals surface area contributed by atoms with Gasteiger partial charge in [0.1, 0.15) is 12.4 Å². The first-order chi connectivity index (χ1) is 9.04. The van der Waals surface area contributed by atoms with Crippen molar-refractivity contribution in [3.05, 3.63) is 52.5 Å². The van der Waals surface area contributed by atoms with Crippen molar-refractivity contribution in [2.24, 2.45) is 0 Å². The highest BCUT2D eigenvalue weighted by molar-refractivity contribution is 9.10. The van der Waals surface area contributed by atoms with E-state index in [-0.39, 0.29) is 24.3 Å². The van der Waals surface area contributed by atoms with E-state index in [0.717, 1.165) is 10.0 Å². The fourth-order valence-electron chi connectivity index (χ4n) is 1.69. The molecular formula is C13H13BrFN3O. The summed E-state index contributed by atoms with van der Waals surface area (Å²) in [6.45, 7) is 2.00. The number of carbonyl (C=O) groups is 1. The number of rotatable bonds is 4. The maximum Gasteiger partial charge on any atom is 0.242 e. The van der Waals surface area contributed by atoms with Gasteiger partial charge in [0.2, 0.25) is 5.91 Å². The standard InChI is InChI=1S/C13H13BrFN3O/c1-9(10-2-4-12(15)5-3-10)17-13(19)8-18-7-11(14)6-16-18/h2-7,9H,8H2,1H3,(H,17,19)/t9-/m1/s1. The lowest BCUT2D eigenvalue weighted by molar-refractivity contribution is -0.122. The van der Waals surface area contributed by atoms with E-state index in [9.17, 15) is 9.18 Å². The number of nitrogens with one attached hydrogen (secondary N) is 1. The lowest BCUT2D eigenvalue weighted by Crippen LogP contribution is -2.30. The highest BCUT2D eigenvalue weighted by Crippen LogP contribution is 2.13. The summed E-state index contributed by atoms with van der Waals surface area (Å²) >= 11 is 3.27. The van der Waals surface area contributed by atoms with Crippen LogP contribution in [0.2, 0.25) is 0 Å². The molecule has 0 fully saturated rings. The van der Waals surface area contributed by atoms with E-state index in [1.54, 1.807) is 24.5 Å². The quantitative estimate of drug-likeness (QED) is 0.939. The van der Waals surface area contributed by atoms with Crippen LogP contribution in [0.25, 0.3) is 0 Å². The van der Waals surface area contributed by atoms with Gasteiger partial charge in [-0.3, -0.25) is 9.48 Å². The van der Waals surface area contributed by atoms with Crippen LogP contribution in [-0.2, 0) is 11.3 Å². The molecule has 1 aromatic heterocycles. The van der Waals surface area contributed by atoms with E-state index in [1.807, 2.05) is 6.92 Å². The highest BCUT2D eigenvalue weighted by atomic mass is 79.9. The van der Waals surface area contributed by atoms with Crippen LogP contribution in [0.3, 0.4) is 0 Å². The molecule has 2 aromatic rings. The fourth-order valence-corrected chi connectivity index (χ4v) is 2.02. The lowest BCUT2D eigenvalue weighted by Gasteiger charge is -2.14. The monoisotopic (exact) mass is 325 g/mol. The molecule has 6 heteroatoms. The summed E-state index contributed by atoms with van der Waals surface area (Å²) < 4.78 is 15.2. The third kappa shape index (κ3) is 3.89. The Balaban J connectivity index is 1.93. The van der Waals surface area contributed by atoms with Gasteiger partial charge in [-0.05, 0) is 40.5 Å². The van der Waals surface area contributed by atoms with Crippen molar-refractivity contribution in [3.63, 3.8) is 0 Å². The van der Waals surface area contributed by atoms with Gasteiger partial charge in [-0.25, -0.2) is 4.39 Å². The van der Waals surface area contributed by atoms with E-state index in [2.05, 4.69) is 26.3 Å². The Kier molecular flexibility index (Phi) is 4.31. The zero-order valence-electron chi connectivity index (χ0n) is 10.3. The molecule has 0 spiro atoms. The van der Waals surface area contributed by atoms with Crippen LogP contribution in [0, 0.1) is 5.82 Å². The predicted molar refractivity (Wildman–Crippen MR) is 72.9 cm³/mol. The van der Waals surface area contributed by atoms with E-state index >= 15 is 0 Å². The molecule has 0 aliphatic heterocycles. The minimum absolute atomic E-state index is 0.146. The van der Waals surface area contributed by atoms with Crippen LogP contribution in [0.4, 0.5) is 4.39 Å². The van der Waals surface area contributed by atoms with Gasteiger partial charge in [-0.2, -0.15) is 5.10 Å². The number of aromatic nitrogens is 2. The maximum atomic E-state index is 12.8. The van der Waals surface area contributed by atoms with Gasteiger partial charge in [0.25, 0.3) is 0 Å². The molecule has 2 rings (SSSR count). The second-order valence-corrected chi connectivity index (χ2v) is 5.11. The van der Waals surface area contributed by atoms with Gasteiger partial charge >= 0.3 is 0 Å². The second-order valence-electron chi connectivity index (χ2n) is 4.20. The largest absolute Gasteiger partial charge is 0.348 e. The molecular weight excluding hydrogens is 313 g/mol. The molecule has 1 heterocycles. The number of carbonyl (C=O) groups excluding carboxylic acids is 1. The van der Waals surface area contributed by atoms with Gasteiger partial charge in [0.15, 0.2) is 0 Å². The average Bonchev–Trinajstić information content (AvgIpc) is 2.75. The summed E-state index contributed by atoms with van der Waals surface area (Å²) in [5.41, 5.74) is 0.858. The van der Waals surface area contributed by atoms with Gasteiger partial charge < -0.3 is 5.32 Å². The Morgan fingerprint density at radius 1 is 1.47 bits per heavy atom. The number of amides is 1. The normalized spacial score (nSPS) is 12.2. The molecule has 1 aromatic carbocycles. The second kappa shape index (κ2) is 5.97. The van der Waals surface area contributed by atoms with Crippen LogP contribution in [0.1, 0.15) is 18.5 Å². The third-order valence-corrected chi connectivity index (χ3v) is 3.06. The molecule has 19 heavy (non-hydrogen) atoms. The molecule has 0 saturated carbocycles. The van der Waals surface area contributed by atoms with E-state index in [1.165, 1.54) is 16.8 Å². The van der Waals surface area contributed by atoms with Crippen molar-refractivity contribution >= 4 is 21.8 Å². The first-order valence-corrected chi connectivity index (χ1v) is 6.56. The first kappa shape index (κ1) is 13.7. The summed E-state index contributed by atoms with van der Waals surface area (Å²) in [6.07, 6.45) is 3.35. The Morgan fingerprint density at radius 2 is 2.16 bits per heavy atom. The first-order valence-electron chi connectivity index (χ1n) is 5.77. The summed E-state index contributed by atoms with van der Waals surface area (Å²) in [5, 5.41) is 6.84. The van der Waals surface area contributed by atoms with Crippen molar-refractivity contribution in [1.29, 1.82) is 0 Å². The molecule has 0 saturated heterocycles. The molecule has 100 valence electrons. The number of halogens is 2. The lowest BCUT2D eigenvalue weighted by atomic mass is 10.1. The van der Waals surface area contributed by atoms with E-state index in [4.69, 9.17) is 0 Å². The fraction of sp³-hybridized carbons (Fsp3) is 0.231. The molecule has 1 N–H and O–H groups in total. The molecule has 0 aliphatic rings. The maximum absolute atomic E-state index is 12.8. The SMILES string of the molecule is C[C@@H](NC(=O)Cn1cc(Br)cn1)c1ccc(F)cc1. The number of benzene rings is 1. The highest BCUT2D eigenvalue weighted by Gasteiger charge is 2.10. The summed E-state index contributed by atoms with van der Waals surface area (Å²) in [6, 6.07) is 5.90. The molecule has 0 unspecified atom stereocenters. The van der Waals surface area contributed by atoms with Crippen molar-refractivity contribution in [2.45, 2.75) is 19.5 Å². The minimum Gasteiger partial charge on any atom is -0.348 e. The Labute approximate surface area is 118 Å². The average molecular weight is 326 g/mol. The Bertz CT molecular complexity index is 568. The van der Waals surface area contributed by atoms with E-state index < -0.39 is 0 Å². The zero-order valence-corrected chi connectivity index (χ0v) is 11.9. The molecule has 0 radical (unpaired) electrons. The van der Waals surface area contributed by atoms with Crippen LogP contribution in [0.15, 0.2) is 41.1 Å². The number of hydrogen-bond acceptors (Lipinski definition) is 2. The topological polar surface area (TPSA) is 46.9 Å². The third-order valence-electron chi connectivity index (χ3n) is 2.65. The van der Waals surface area contributed by atoms with Gasteiger partial charge in [0, 0.05) is 6.20 Å². The Morgan fingerprint density at radius 3 is 2.74 bits per heavy atom. The van der Waals surface area contributed by atoms with Crippen molar-refractivity contribution in [1.82, 2.24) is 15.1 Å². The molecule has 0 bridgehead atoms. The van der Waals surface area contributed by atoms with E-state index in [0.29, 0.717) is 0 Å². The van der Waals surface area contributed by atoms with Crippen LogP contribution in [-0.4, -0.2) is 15.7 Å². The molecule has 1 amide bonds. The predicted octanol–water partition coefficient (Wildman–Crippen LogP) is 2.66. The summed E-state index contributed by atoms with van der Waals surface area (Å²) in [5.74, 6) is -0.434. The van der Waals surface area contributed by atoms with Crippen molar-refractivity contribution in [2.75, 3.05) is 0 Å². The smallest absolute Gasteiger partial charge is 0.242 e. The number of nitrogens with zero attached hydrogens (tertiary/aromatic N) is 2. The minimum atomic E-state index is -0.288. The summed E-state index contributed by atoms with van der Waals surface area (Å²) in [7, 11) is 0. The van der Waals surface area contributed by atoms with Crippen LogP contribution in [0.5, 0.6) is 0 Å². The number of hydrogen-bond donors (Lipinski definition) is 1. The van der Waals surface area contributed by atoms with Crippen molar-refractivity contribution in [3.8, 4) is 0 Å². The summed E-state index contributed by atoms with van der Waals surface area (Å²) in [4.78, 5) is 11.8. The van der Waals surface area contributed by atoms with Crippen LogP contribution >= 0.6 is 15.9 Å².